The van der Waals surface area contributed by atoms with Crippen LogP contribution in [0.5, 0.6) is 0 Å². The van der Waals surface area contributed by atoms with Crippen LogP contribution in [0.2, 0.25) is 0 Å². The maximum Gasteiger partial charge on any atom is 0.408 e. The Kier molecular flexibility index (Phi) is 5.35. The number of fused-ring (bicyclic) bond motifs is 1. The predicted molar refractivity (Wildman–Crippen MR) is 116 cm³/mol. The van der Waals surface area contributed by atoms with Gasteiger partial charge in [0.25, 0.3) is 5.91 Å². The molecule has 1 aliphatic heterocycles. The second-order valence-electron chi connectivity index (χ2n) is 10.2. The summed E-state index contributed by atoms with van der Waals surface area (Å²) in [7, 11) is -3.74. The highest BCUT2D eigenvalue weighted by Crippen LogP contribution is 2.70. The van der Waals surface area contributed by atoms with Crippen molar-refractivity contribution in [3.63, 3.8) is 0 Å². The Balaban J connectivity index is 1.51. The van der Waals surface area contributed by atoms with Gasteiger partial charge in [0.2, 0.25) is 10.0 Å². The van der Waals surface area contributed by atoms with Gasteiger partial charge in [-0.15, -0.1) is 0 Å². The fourth-order valence-electron chi connectivity index (χ4n) is 6.12. The molecule has 1 saturated heterocycles. The lowest BCUT2D eigenvalue weighted by molar-refractivity contribution is -0.132. The van der Waals surface area contributed by atoms with Crippen molar-refractivity contribution < 1.29 is 22.7 Å². The molecule has 3 aliphatic rings. The van der Waals surface area contributed by atoms with Crippen LogP contribution >= 0.6 is 0 Å². The first-order valence-electron chi connectivity index (χ1n) is 11.0. The van der Waals surface area contributed by atoms with Crippen molar-refractivity contribution in [3.8, 4) is 0 Å². The Morgan fingerprint density at radius 1 is 1.23 bits per heavy atom. The fraction of sp³-hybridized carbons (Fsp3) is 0.652. The number of carbonyl (C=O) groups excluding carboxylic acids is 2. The van der Waals surface area contributed by atoms with E-state index in [-0.39, 0.29) is 35.1 Å². The maximum absolute atomic E-state index is 13.5. The highest BCUT2D eigenvalue weighted by molar-refractivity contribution is 7.90. The first-order chi connectivity index (χ1) is 14.5. The number of amides is 2. The van der Waals surface area contributed by atoms with E-state index in [9.17, 15) is 18.0 Å². The van der Waals surface area contributed by atoms with Crippen molar-refractivity contribution in [2.75, 3.05) is 5.75 Å². The zero-order valence-corrected chi connectivity index (χ0v) is 19.4. The summed E-state index contributed by atoms with van der Waals surface area (Å²) in [5.74, 6) is -0.389. The monoisotopic (exact) mass is 448 g/mol. The third-order valence-electron chi connectivity index (χ3n) is 8.05. The largest absolute Gasteiger partial charge is 0.445 e. The molecule has 1 spiro atoms. The van der Waals surface area contributed by atoms with Gasteiger partial charge in [0.05, 0.1) is 11.8 Å². The Morgan fingerprint density at radius 2 is 1.90 bits per heavy atom. The van der Waals surface area contributed by atoms with Crippen LogP contribution in [0.3, 0.4) is 0 Å². The molecule has 0 aromatic heterocycles. The number of ether oxygens (including phenoxy) is 1. The molecule has 7 nitrogen and oxygen atoms in total. The van der Waals surface area contributed by atoms with Crippen LogP contribution in [0.1, 0.15) is 52.5 Å². The van der Waals surface area contributed by atoms with Crippen LogP contribution < -0.4 is 5.32 Å². The Morgan fingerprint density at radius 3 is 2.52 bits per heavy atom. The molecule has 2 bridgehead atoms. The van der Waals surface area contributed by atoms with Gasteiger partial charge in [-0.1, -0.05) is 58.0 Å². The van der Waals surface area contributed by atoms with Crippen LogP contribution in [-0.4, -0.2) is 42.6 Å². The number of benzene rings is 1. The fourth-order valence-corrected chi connectivity index (χ4v) is 8.68. The predicted octanol–water partition coefficient (Wildman–Crippen LogP) is 3.30. The molecule has 8 heteroatoms. The van der Waals surface area contributed by atoms with Gasteiger partial charge >= 0.3 is 6.09 Å². The van der Waals surface area contributed by atoms with Gasteiger partial charge in [-0.25, -0.2) is 17.5 Å². The molecule has 1 heterocycles. The van der Waals surface area contributed by atoms with E-state index < -0.39 is 28.1 Å². The van der Waals surface area contributed by atoms with Crippen LogP contribution in [0, 0.1) is 22.7 Å². The van der Waals surface area contributed by atoms with Crippen LogP contribution in [-0.2, 0) is 26.2 Å². The molecule has 4 rings (SSSR count). The molecule has 31 heavy (non-hydrogen) atoms. The first kappa shape index (κ1) is 22.1. The number of rotatable bonds is 5. The molecular formula is C23H32N2O5S. The molecular weight excluding hydrogens is 416 g/mol. The molecule has 0 radical (unpaired) electrons. The van der Waals surface area contributed by atoms with Gasteiger partial charge in [-0.2, -0.15) is 0 Å². The van der Waals surface area contributed by atoms with Crippen LogP contribution in [0.25, 0.3) is 0 Å². The number of nitrogens with zero attached hydrogens (tertiary/aromatic N) is 1. The number of carbonyl (C=O) groups is 2. The SMILES string of the molecule is CC(C)[C@@H](NC(=O)OCc1ccccc1)C(=O)N1[C@H]2C[C@@H]3CC[C@@]2(CS1(=O)=O)C3(C)C. The summed E-state index contributed by atoms with van der Waals surface area (Å²) < 4.78 is 32.7. The summed E-state index contributed by atoms with van der Waals surface area (Å²) in [6, 6.07) is 7.97. The minimum absolute atomic E-state index is 0.0170. The molecule has 2 saturated carbocycles. The Labute approximate surface area is 184 Å². The molecule has 170 valence electrons. The van der Waals surface area contributed by atoms with Gasteiger partial charge in [0.15, 0.2) is 0 Å². The van der Waals surface area contributed by atoms with E-state index in [1.165, 1.54) is 0 Å². The third kappa shape index (κ3) is 3.43. The average Bonchev–Trinajstić information content (AvgIpc) is 3.18. The molecule has 2 amide bonds. The summed E-state index contributed by atoms with van der Waals surface area (Å²) in [4.78, 5) is 25.9. The summed E-state index contributed by atoms with van der Waals surface area (Å²) in [6.07, 6.45) is 1.83. The molecule has 1 N–H and O–H groups in total. The molecule has 1 aromatic carbocycles. The van der Waals surface area contributed by atoms with E-state index in [0.717, 1.165) is 22.7 Å². The van der Waals surface area contributed by atoms with Crippen molar-refractivity contribution in [1.82, 2.24) is 9.62 Å². The summed E-state index contributed by atoms with van der Waals surface area (Å²) in [5.41, 5.74) is 0.328. The van der Waals surface area contributed by atoms with Gasteiger partial charge in [-0.3, -0.25) is 4.79 Å². The van der Waals surface area contributed by atoms with Gasteiger partial charge in [0, 0.05) is 5.41 Å². The normalized spacial score (nSPS) is 30.8. The zero-order chi connectivity index (χ0) is 22.6. The van der Waals surface area contributed by atoms with E-state index in [2.05, 4.69) is 19.2 Å². The van der Waals surface area contributed by atoms with Gasteiger partial charge in [-0.05, 0) is 42.1 Å². The molecule has 0 unspecified atom stereocenters. The topological polar surface area (TPSA) is 92.8 Å². The highest BCUT2D eigenvalue weighted by atomic mass is 32.2. The van der Waals surface area contributed by atoms with E-state index in [1.54, 1.807) is 13.8 Å². The van der Waals surface area contributed by atoms with E-state index >= 15 is 0 Å². The van der Waals surface area contributed by atoms with Gasteiger partial charge < -0.3 is 10.1 Å². The average molecular weight is 449 g/mol. The zero-order valence-electron chi connectivity index (χ0n) is 18.6. The van der Waals surface area contributed by atoms with E-state index in [1.807, 2.05) is 30.3 Å². The lowest BCUT2D eigenvalue weighted by Crippen LogP contribution is -2.54. The van der Waals surface area contributed by atoms with Crippen molar-refractivity contribution in [2.45, 2.75) is 65.6 Å². The van der Waals surface area contributed by atoms with E-state index in [4.69, 9.17) is 4.74 Å². The molecule has 3 fully saturated rings. The third-order valence-corrected chi connectivity index (χ3v) is 9.96. The number of nitrogens with one attached hydrogen (secondary N) is 1. The summed E-state index contributed by atoms with van der Waals surface area (Å²) in [6.45, 7) is 7.96. The highest BCUT2D eigenvalue weighted by Gasteiger charge is 2.72. The minimum Gasteiger partial charge on any atom is -0.445 e. The Hall–Kier alpha value is -2.09. The number of sulfonamides is 1. The van der Waals surface area contributed by atoms with Crippen molar-refractivity contribution in [2.24, 2.45) is 22.7 Å². The maximum atomic E-state index is 13.5. The van der Waals surface area contributed by atoms with E-state index in [0.29, 0.717) is 12.3 Å². The standard InChI is InChI=1S/C23H32N2O5S/c1-15(2)19(24-21(27)30-13-16-8-6-5-7-9-16)20(26)25-18-12-17-10-11-23(18,22(17,3)4)14-31(25,28)29/h5-9,15,17-19H,10-14H2,1-4H3,(H,24,27)/t17-,18-,19+,23-/m0/s1. The number of alkyl carbamates (subject to hydrolysis) is 1. The molecule has 1 aromatic rings. The lowest BCUT2D eigenvalue weighted by atomic mass is 9.69. The van der Waals surface area contributed by atoms with Crippen molar-refractivity contribution >= 4 is 22.0 Å². The summed E-state index contributed by atoms with van der Waals surface area (Å²) in [5, 5.41) is 2.63. The lowest BCUT2D eigenvalue weighted by Gasteiger charge is -2.37. The number of hydrogen-bond acceptors (Lipinski definition) is 5. The van der Waals surface area contributed by atoms with Gasteiger partial charge in [0.1, 0.15) is 12.6 Å². The summed E-state index contributed by atoms with van der Waals surface area (Å²) >= 11 is 0. The minimum atomic E-state index is -3.74. The van der Waals surface area contributed by atoms with Crippen LogP contribution in [0.4, 0.5) is 4.79 Å². The van der Waals surface area contributed by atoms with Crippen molar-refractivity contribution in [3.05, 3.63) is 35.9 Å². The van der Waals surface area contributed by atoms with Crippen LogP contribution in [0.15, 0.2) is 30.3 Å². The second-order valence-corrected chi connectivity index (χ2v) is 12.0. The Bertz CT molecular complexity index is 975. The second kappa shape index (κ2) is 7.50. The first-order valence-corrected chi connectivity index (χ1v) is 12.6. The quantitative estimate of drug-likeness (QED) is 0.746. The molecule has 4 atom stereocenters. The molecule has 2 aliphatic carbocycles. The smallest absolute Gasteiger partial charge is 0.408 e. The van der Waals surface area contributed by atoms with Crippen molar-refractivity contribution in [1.29, 1.82) is 0 Å². The number of hydrogen-bond donors (Lipinski definition) is 1.